The molecule has 0 saturated heterocycles. The monoisotopic (exact) mass is 446 g/mol. The van der Waals surface area contributed by atoms with Crippen LogP contribution < -0.4 is 10.6 Å². The molecular formula is C26H18N6O2. The van der Waals surface area contributed by atoms with Gasteiger partial charge in [-0.1, -0.05) is 42.5 Å². The van der Waals surface area contributed by atoms with Gasteiger partial charge in [-0.3, -0.25) is 19.9 Å². The molecule has 8 heteroatoms. The van der Waals surface area contributed by atoms with Gasteiger partial charge < -0.3 is 10.3 Å². The molecular weight excluding hydrogens is 428 g/mol. The average Bonchev–Trinajstić information content (AvgIpc) is 3.45. The van der Waals surface area contributed by atoms with Gasteiger partial charge in [0.25, 0.3) is 11.8 Å². The average molecular weight is 446 g/mol. The molecule has 3 aromatic carbocycles. The van der Waals surface area contributed by atoms with Crippen molar-refractivity contribution in [1.29, 1.82) is 0 Å². The summed E-state index contributed by atoms with van der Waals surface area (Å²) in [7, 11) is 0. The van der Waals surface area contributed by atoms with Crippen LogP contribution in [0.1, 0.15) is 26.4 Å². The molecule has 0 bridgehead atoms. The molecule has 2 aromatic heterocycles. The summed E-state index contributed by atoms with van der Waals surface area (Å²) in [6, 6.07) is 22.4. The number of carbonyl (C=O) groups excluding carboxylic acids is 2. The van der Waals surface area contributed by atoms with E-state index in [0.29, 0.717) is 28.9 Å². The summed E-state index contributed by atoms with van der Waals surface area (Å²) in [5.41, 5.74) is 3.97. The number of amides is 2. The second-order valence-electron chi connectivity index (χ2n) is 8.01. The first-order valence-corrected chi connectivity index (χ1v) is 10.8. The zero-order valence-corrected chi connectivity index (χ0v) is 17.9. The van der Waals surface area contributed by atoms with Crippen LogP contribution in [0.4, 0.5) is 11.6 Å². The molecule has 1 aliphatic rings. The third-order valence-corrected chi connectivity index (χ3v) is 5.70. The molecule has 5 aromatic rings. The number of aromatic nitrogens is 3. The van der Waals surface area contributed by atoms with Crippen molar-refractivity contribution in [3.8, 4) is 0 Å². The van der Waals surface area contributed by atoms with Gasteiger partial charge in [0.1, 0.15) is 11.5 Å². The summed E-state index contributed by atoms with van der Waals surface area (Å²) >= 11 is 0. The number of rotatable bonds is 3. The normalized spacial score (nSPS) is 12.4. The smallest absolute Gasteiger partial charge is 0.276 e. The second-order valence-corrected chi connectivity index (χ2v) is 8.01. The van der Waals surface area contributed by atoms with E-state index in [9.17, 15) is 9.59 Å². The summed E-state index contributed by atoms with van der Waals surface area (Å²) in [5.74, 6) is 0.269. The van der Waals surface area contributed by atoms with Crippen LogP contribution in [0.2, 0.25) is 0 Å². The van der Waals surface area contributed by atoms with Crippen molar-refractivity contribution in [1.82, 2.24) is 20.3 Å². The Morgan fingerprint density at radius 2 is 1.68 bits per heavy atom. The Morgan fingerprint density at radius 3 is 2.56 bits per heavy atom. The number of carbonyl (C=O) groups is 2. The van der Waals surface area contributed by atoms with E-state index in [-0.39, 0.29) is 23.5 Å². The van der Waals surface area contributed by atoms with E-state index in [2.05, 4.69) is 30.6 Å². The molecule has 0 atom stereocenters. The highest BCUT2D eigenvalue weighted by molar-refractivity contribution is 6.10. The SMILES string of the molecule is O=C(NC1=Nc2ccccc2C1)c1ccc2nc(NC(=O)c3cc4ccccc4cn3)[nH]c2c1. The van der Waals surface area contributed by atoms with Gasteiger partial charge in [0, 0.05) is 23.6 Å². The molecule has 0 fully saturated rings. The van der Waals surface area contributed by atoms with Crippen molar-refractivity contribution in [3.63, 3.8) is 0 Å². The lowest BCUT2D eigenvalue weighted by molar-refractivity contribution is 0.0975. The lowest BCUT2D eigenvalue weighted by Gasteiger charge is -2.04. The van der Waals surface area contributed by atoms with Gasteiger partial charge in [-0.05, 0) is 41.3 Å². The third kappa shape index (κ3) is 3.67. The first-order valence-electron chi connectivity index (χ1n) is 10.8. The largest absolute Gasteiger partial charge is 0.324 e. The van der Waals surface area contributed by atoms with Gasteiger partial charge in [-0.15, -0.1) is 0 Å². The van der Waals surface area contributed by atoms with E-state index in [1.165, 1.54) is 0 Å². The number of amidine groups is 1. The van der Waals surface area contributed by atoms with Crippen molar-refractivity contribution in [2.45, 2.75) is 6.42 Å². The maximum absolute atomic E-state index is 12.8. The van der Waals surface area contributed by atoms with Gasteiger partial charge in [0.15, 0.2) is 0 Å². The van der Waals surface area contributed by atoms with Crippen molar-refractivity contribution in [3.05, 3.63) is 95.8 Å². The fourth-order valence-corrected chi connectivity index (χ4v) is 4.00. The number of hydrogen-bond acceptors (Lipinski definition) is 5. The number of nitrogens with one attached hydrogen (secondary N) is 3. The highest BCUT2D eigenvalue weighted by Crippen LogP contribution is 2.25. The van der Waals surface area contributed by atoms with Crippen molar-refractivity contribution in [2.24, 2.45) is 4.99 Å². The van der Waals surface area contributed by atoms with E-state index in [1.807, 2.05) is 48.5 Å². The quantitative estimate of drug-likeness (QED) is 0.382. The number of aliphatic imine (C=N–C) groups is 1. The Labute approximate surface area is 193 Å². The molecule has 164 valence electrons. The van der Waals surface area contributed by atoms with Crippen molar-refractivity contribution in [2.75, 3.05) is 5.32 Å². The van der Waals surface area contributed by atoms with Gasteiger partial charge in [-0.2, -0.15) is 0 Å². The molecule has 0 spiro atoms. The number of hydrogen-bond donors (Lipinski definition) is 3. The lowest BCUT2D eigenvalue weighted by Crippen LogP contribution is -2.30. The molecule has 2 amide bonds. The topological polar surface area (TPSA) is 112 Å². The Bertz CT molecular complexity index is 1640. The van der Waals surface area contributed by atoms with E-state index < -0.39 is 0 Å². The molecule has 0 saturated carbocycles. The minimum absolute atomic E-state index is 0.256. The van der Waals surface area contributed by atoms with Gasteiger partial charge in [0.2, 0.25) is 5.95 Å². The Kier molecular flexibility index (Phi) is 4.62. The lowest BCUT2D eigenvalue weighted by atomic mass is 10.1. The standard InChI is InChI=1S/C26H18N6O2/c33-24(31-23-13-16-6-3-4-8-19(16)28-23)17-9-10-20-21(12-17)30-26(29-20)32-25(34)22-11-15-5-1-2-7-18(15)14-27-22/h1-12,14H,13H2,(H,28,31,33)(H2,29,30,32,34). The number of benzene rings is 3. The number of para-hydroxylation sites is 1. The van der Waals surface area contributed by atoms with E-state index in [0.717, 1.165) is 22.0 Å². The molecule has 6 rings (SSSR count). The third-order valence-electron chi connectivity index (χ3n) is 5.70. The first kappa shape index (κ1) is 19.8. The predicted molar refractivity (Wildman–Crippen MR) is 130 cm³/mol. The molecule has 0 radical (unpaired) electrons. The minimum Gasteiger partial charge on any atom is -0.324 e. The molecule has 1 aliphatic heterocycles. The summed E-state index contributed by atoms with van der Waals surface area (Å²) < 4.78 is 0. The van der Waals surface area contributed by atoms with Gasteiger partial charge >= 0.3 is 0 Å². The highest BCUT2D eigenvalue weighted by atomic mass is 16.2. The van der Waals surface area contributed by atoms with E-state index in [4.69, 9.17) is 0 Å². The fraction of sp³-hybridized carbons (Fsp3) is 0.0385. The molecule has 0 unspecified atom stereocenters. The molecule has 8 nitrogen and oxygen atoms in total. The number of fused-ring (bicyclic) bond motifs is 3. The number of H-pyrrole nitrogens is 1. The van der Waals surface area contributed by atoms with E-state index in [1.54, 1.807) is 30.5 Å². The maximum atomic E-state index is 12.8. The zero-order valence-electron chi connectivity index (χ0n) is 17.9. The minimum atomic E-state index is -0.374. The maximum Gasteiger partial charge on any atom is 0.276 e. The Morgan fingerprint density at radius 1 is 0.853 bits per heavy atom. The highest BCUT2D eigenvalue weighted by Gasteiger charge is 2.18. The summed E-state index contributed by atoms with van der Waals surface area (Å²) in [4.78, 5) is 41.6. The Balaban J connectivity index is 1.18. The summed E-state index contributed by atoms with van der Waals surface area (Å²) in [5, 5.41) is 7.51. The van der Waals surface area contributed by atoms with Crippen LogP contribution in [0.15, 0.2) is 84.0 Å². The van der Waals surface area contributed by atoms with Gasteiger partial charge in [-0.25, -0.2) is 9.98 Å². The van der Waals surface area contributed by atoms with Gasteiger partial charge in [0.05, 0.1) is 16.7 Å². The van der Waals surface area contributed by atoms with Crippen LogP contribution in [-0.2, 0) is 6.42 Å². The van der Waals surface area contributed by atoms with Crippen LogP contribution in [-0.4, -0.2) is 32.6 Å². The van der Waals surface area contributed by atoms with Crippen LogP contribution in [0.3, 0.4) is 0 Å². The molecule has 3 N–H and O–H groups in total. The van der Waals surface area contributed by atoms with Crippen molar-refractivity contribution < 1.29 is 9.59 Å². The number of imidazole rings is 1. The van der Waals surface area contributed by atoms with Crippen LogP contribution >= 0.6 is 0 Å². The number of pyridine rings is 1. The van der Waals surface area contributed by atoms with Crippen molar-refractivity contribution >= 4 is 51.1 Å². The first-order chi connectivity index (χ1) is 16.6. The van der Waals surface area contributed by atoms with E-state index >= 15 is 0 Å². The fourth-order valence-electron chi connectivity index (χ4n) is 4.00. The number of anilines is 1. The van der Waals surface area contributed by atoms with Crippen LogP contribution in [0, 0.1) is 0 Å². The van der Waals surface area contributed by atoms with Crippen LogP contribution in [0.5, 0.6) is 0 Å². The zero-order chi connectivity index (χ0) is 23.1. The summed E-state index contributed by atoms with van der Waals surface area (Å²) in [6.07, 6.45) is 2.26. The second kappa shape index (κ2) is 7.93. The summed E-state index contributed by atoms with van der Waals surface area (Å²) in [6.45, 7) is 0. The molecule has 3 heterocycles. The van der Waals surface area contributed by atoms with Crippen LogP contribution in [0.25, 0.3) is 21.8 Å². The molecule has 34 heavy (non-hydrogen) atoms. The number of nitrogens with zero attached hydrogens (tertiary/aromatic N) is 3. The Hall–Kier alpha value is -4.85. The molecule has 0 aliphatic carbocycles. The number of aromatic amines is 1. The predicted octanol–water partition coefficient (Wildman–Crippen LogP) is 4.38.